The van der Waals surface area contributed by atoms with Gasteiger partial charge in [-0.15, -0.1) is 0 Å². The van der Waals surface area contributed by atoms with E-state index in [0.717, 1.165) is 29.6 Å². The molecule has 0 radical (unpaired) electrons. The highest BCUT2D eigenvalue weighted by Gasteiger charge is 2.15. The molecule has 0 aliphatic rings. The molecule has 1 amide bonds. The number of nitrogens with one attached hydrogen (secondary N) is 2. The number of rotatable bonds is 7. The van der Waals surface area contributed by atoms with Crippen molar-refractivity contribution in [2.24, 2.45) is 12.0 Å². The second kappa shape index (κ2) is 10.3. The molecule has 0 bridgehead atoms. The van der Waals surface area contributed by atoms with Crippen LogP contribution in [-0.2, 0) is 18.3 Å². The molecule has 1 heterocycles. The number of aromatic nitrogens is 1. The van der Waals surface area contributed by atoms with Crippen molar-refractivity contribution in [2.75, 3.05) is 26.7 Å². The minimum atomic E-state index is -0.483. The molecule has 7 nitrogen and oxygen atoms in total. The Hall–Kier alpha value is -1.89. The highest BCUT2D eigenvalue weighted by atomic mass is 35.5. The number of amides is 1. The highest BCUT2D eigenvalue weighted by molar-refractivity contribution is 6.30. The minimum Gasteiger partial charge on any atom is -0.444 e. The summed E-state index contributed by atoms with van der Waals surface area (Å²) in [6, 6.07) is 1.95. The first-order valence-electron chi connectivity index (χ1n) is 8.89. The van der Waals surface area contributed by atoms with Crippen molar-refractivity contribution >= 4 is 23.7 Å². The van der Waals surface area contributed by atoms with E-state index in [2.05, 4.69) is 20.5 Å². The van der Waals surface area contributed by atoms with Gasteiger partial charge in [0.25, 0.3) is 0 Å². The molecule has 148 valence electrons. The van der Waals surface area contributed by atoms with Crippen LogP contribution in [0.5, 0.6) is 0 Å². The van der Waals surface area contributed by atoms with Crippen molar-refractivity contribution in [2.45, 2.75) is 46.3 Å². The molecule has 0 saturated heterocycles. The summed E-state index contributed by atoms with van der Waals surface area (Å²) in [7, 11) is 3.96. The van der Waals surface area contributed by atoms with Crippen LogP contribution in [0.15, 0.2) is 17.3 Å². The lowest BCUT2D eigenvalue weighted by Gasteiger charge is -2.22. The topological polar surface area (TPSA) is 70.9 Å². The number of halogens is 1. The van der Waals surface area contributed by atoms with Gasteiger partial charge < -0.3 is 24.8 Å². The van der Waals surface area contributed by atoms with E-state index in [1.807, 2.05) is 58.6 Å². The zero-order chi connectivity index (χ0) is 19.7. The van der Waals surface area contributed by atoms with Crippen molar-refractivity contribution in [3.63, 3.8) is 0 Å². The normalized spacial score (nSPS) is 12.0. The highest BCUT2D eigenvalue weighted by Crippen LogP contribution is 2.14. The molecule has 0 atom stereocenters. The Bertz CT molecular complexity index is 607. The van der Waals surface area contributed by atoms with E-state index in [1.165, 1.54) is 0 Å². The van der Waals surface area contributed by atoms with Crippen molar-refractivity contribution in [1.82, 2.24) is 20.1 Å². The molecule has 0 unspecified atom stereocenters. The smallest absolute Gasteiger partial charge is 0.407 e. The first-order chi connectivity index (χ1) is 12.1. The van der Waals surface area contributed by atoms with Crippen LogP contribution in [0.1, 0.15) is 39.8 Å². The molecule has 8 heteroatoms. The van der Waals surface area contributed by atoms with E-state index in [4.69, 9.17) is 16.3 Å². The molecule has 1 aromatic heterocycles. The number of nitrogens with zero attached hydrogens (tertiary/aromatic N) is 3. The Morgan fingerprint density at radius 2 is 2.08 bits per heavy atom. The van der Waals surface area contributed by atoms with Crippen LogP contribution in [0.25, 0.3) is 0 Å². The predicted molar refractivity (Wildman–Crippen MR) is 107 cm³/mol. The first kappa shape index (κ1) is 22.2. The van der Waals surface area contributed by atoms with Gasteiger partial charge in [-0.3, -0.25) is 4.99 Å². The molecule has 0 saturated carbocycles. The van der Waals surface area contributed by atoms with Gasteiger partial charge in [-0.2, -0.15) is 0 Å². The second-order valence-corrected chi connectivity index (χ2v) is 7.57. The van der Waals surface area contributed by atoms with E-state index in [0.29, 0.717) is 19.6 Å². The molecule has 2 N–H and O–H groups in total. The van der Waals surface area contributed by atoms with E-state index in [9.17, 15) is 4.79 Å². The fourth-order valence-electron chi connectivity index (χ4n) is 2.28. The van der Waals surface area contributed by atoms with Crippen LogP contribution in [0, 0.1) is 0 Å². The minimum absolute atomic E-state index is 0.397. The van der Waals surface area contributed by atoms with E-state index in [-0.39, 0.29) is 0 Å². The van der Waals surface area contributed by atoms with Crippen LogP contribution in [0.4, 0.5) is 4.79 Å². The third kappa shape index (κ3) is 8.47. The van der Waals surface area contributed by atoms with Crippen molar-refractivity contribution in [3.8, 4) is 0 Å². The zero-order valence-corrected chi connectivity index (χ0v) is 17.5. The van der Waals surface area contributed by atoms with Crippen molar-refractivity contribution in [1.29, 1.82) is 0 Å². The van der Waals surface area contributed by atoms with Gasteiger partial charge in [-0.1, -0.05) is 11.6 Å². The van der Waals surface area contributed by atoms with Gasteiger partial charge in [0, 0.05) is 45.6 Å². The Morgan fingerprint density at radius 1 is 1.38 bits per heavy atom. The van der Waals surface area contributed by atoms with Crippen LogP contribution >= 0.6 is 11.6 Å². The van der Waals surface area contributed by atoms with E-state index < -0.39 is 11.7 Å². The van der Waals surface area contributed by atoms with Crippen LogP contribution in [0.3, 0.4) is 0 Å². The third-order valence-corrected chi connectivity index (χ3v) is 3.64. The molecule has 0 aromatic carbocycles. The predicted octanol–water partition coefficient (Wildman–Crippen LogP) is 2.99. The summed E-state index contributed by atoms with van der Waals surface area (Å²) in [5.41, 5.74) is 0.623. The number of hydrogen-bond donors (Lipinski definition) is 2. The van der Waals surface area contributed by atoms with Crippen LogP contribution in [-0.4, -0.2) is 53.8 Å². The van der Waals surface area contributed by atoms with Gasteiger partial charge in [-0.25, -0.2) is 4.79 Å². The van der Waals surface area contributed by atoms with Gasteiger partial charge >= 0.3 is 6.09 Å². The average molecular weight is 386 g/mol. The standard InChI is InChI=1S/C18H32ClN5O2/c1-7-20-16(24(6)13-15-11-14(19)12-23(15)5)21-9-8-10-22-17(25)26-18(2,3)4/h11-12H,7-10,13H2,1-6H3,(H,20,21)(H,22,25). The second-order valence-electron chi connectivity index (χ2n) is 7.13. The summed E-state index contributed by atoms with van der Waals surface area (Å²) in [5, 5.41) is 6.75. The third-order valence-electron chi connectivity index (χ3n) is 3.43. The molecular weight excluding hydrogens is 354 g/mol. The zero-order valence-electron chi connectivity index (χ0n) is 16.7. The lowest BCUT2D eigenvalue weighted by Crippen LogP contribution is -2.39. The van der Waals surface area contributed by atoms with E-state index in [1.54, 1.807) is 0 Å². The SMILES string of the molecule is CCNC(=NCCCNC(=O)OC(C)(C)C)N(C)Cc1cc(Cl)cn1C. The van der Waals surface area contributed by atoms with Gasteiger partial charge in [0.1, 0.15) is 5.60 Å². The first-order valence-corrected chi connectivity index (χ1v) is 9.27. The molecule has 0 fully saturated rings. The fraction of sp³-hybridized carbons (Fsp3) is 0.667. The molecular formula is C18H32ClN5O2. The number of ether oxygens (including phenoxy) is 1. The van der Waals surface area contributed by atoms with Crippen LogP contribution < -0.4 is 10.6 Å². The number of hydrogen-bond acceptors (Lipinski definition) is 3. The Balaban J connectivity index is 2.47. The maximum atomic E-state index is 11.6. The summed E-state index contributed by atoms with van der Waals surface area (Å²) < 4.78 is 7.21. The lowest BCUT2D eigenvalue weighted by molar-refractivity contribution is 0.0527. The van der Waals surface area contributed by atoms with Gasteiger partial charge in [0.15, 0.2) is 5.96 Å². The van der Waals surface area contributed by atoms with Crippen molar-refractivity contribution in [3.05, 3.63) is 23.0 Å². The number of carbonyl (C=O) groups excluding carboxylic acids is 1. The van der Waals surface area contributed by atoms with Gasteiger partial charge in [-0.05, 0) is 40.2 Å². The summed E-state index contributed by atoms with van der Waals surface area (Å²) >= 11 is 6.04. The van der Waals surface area contributed by atoms with E-state index >= 15 is 0 Å². The molecule has 1 aromatic rings. The Labute approximate surface area is 161 Å². The fourth-order valence-corrected chi connectivity index (χ4v) is 2.55. The number of aliphatic imine (C=N–C) groups is 1. The molecule has 0 aliphatic heterocycles. The maximum absolute atomic E-state index is 11.6. The molecule has 26 heavy (non-hydrogen) atoms. The molecule has 0 spiro atoms. The summed E-state index contributed by atoms with van der Waals surface area (Å²) in [6.45, 7) is 10.2. The number of alkyl carbamates (subject to hydrolysis) is 1. The monoisotopic (exact) mass is 385 g/mol. The Kier molecular flexibility index (Phi) is 8.78. The van der Waals surface area contributed by atoms with Crippen LogP contribution in [0.2, 0.25) is 5.02 Å². The quantitative estimate of drug-likeness (QED) is 0.430. The number of aryl methyl sites for hydroxylation is 1. The Morgan fingerprint density at radius 3 is 2.62 bits per heavy atom. The summed E-state index contributed by atoms with van der Waals surface area (Å²) in [6.07, 6.45) is 2.22. The number of guanidine groups is 1. The van der Waals surface area contributed by atoms with Gasteiger partial charge in [0.2, 0.25) is 0 Å². The molecule has 1 rings (SSSR count). The average Bonchev–Trinajstić information content (AvgIpc) is 2.81. The lowest BCUT2D eigenvalue weighted by atomic mass is 10.2. The van der Waals surface area contributed by atoms with Crippen molar-refractivity contribution < 1.29 is 9.53 Å². The largest absolute Gasteiger partial charge is 0.444 e. The van der Waals surface area contributed by atoms with Gasteiger partial charge in [0.05, 0.1) is 11.6 Å². The summed E-state index contributed by atoms with van der Waals surface area (Å²) in [5.74, 6) is 0.821. The maximum Gasteiger partial charge on any atom is 0.407 e. The summed E-state index contributed by atoms with van der Waals surface area (Å²) in [4.78, 5) is 18.3. The molecule has 0 aliphatic carbocycles. The number of carbonyl (C=O) groups is 1.